The third-order valence-corrected chi connectivity index (χ3v) is 2.32. The zero-order valence-electron chi connectivity index (χ0n) is 8.58. The fourth-order valence-electron chi connectivity index (χ4n) is 1.25. The molecule has 70 valence electrons. The first-order chi connectivity index (χ1) is 6.27. The van der Waals surface area contributed by atoms with Crippen LogP contribution in [0.15, 0.2) is 24.3 Å². The molecule has 1 heteroatoms. The van der Waals surface area contributed by atoms with Crippen molar-refractivity contribution in [2.45, 2.75) is 33.1 Å². The highest BCUT2D eigenvalue weighted by molar-refractivity contribution is 5.47. The van der Waals surface area contributed by atoms with E-state index in [0.717, 1.165) is 5.75 Å². The van der Waals surface area contributed by atoms with E-state index in [-0.39, 0.29) is 0 Å². The van der Waals surface area contributed by atoms with Gasteiger partial charge in [-0.15, -0.1) is 0 Å². The summed E-state index contributed by atoms with van der Waals surface area (Å²) in [6, 6.07) is 8.29. The summed E-state index contributed by atoms with van der Waals surface area (Å²) in [5.74, 6) is 1.55. The first kappa shape index (κ1) is 9.97. The molecule has 0 aromatic heterocycles. The van der Waals surface area contributed by atoms with Gasteiger partial charge in [-0.25, -0.2) is 4.42 Å². The Labute approximate surface area is 80.1 Å². The highest BCUT2D eigenvalue weighted by Gasteiger charge is 2.04. The quantitative estimate of drug-likeness (QED) is 0.493. The van der Waals surface area contributed by atoms with Crippen molar-refractivity contribution in [1.29, 1.82) is 0 Å². The zero-order valence-corrected chi connectivity index (χ0v) is 8.58. The van der Waals surface area contributed by atoms with Gasteiger partial charge in [-0.2, -0.15) is 0 Å². The maximum Gasteiger partial charge on any atom is 0.352 e. The highest BCUT2D eigenvalue weighted by atomic mass is 16.4. The Morgan fingerprint density at radius 1 is 1.31 bits per heavy atom. The summed E-state index contributed by atoms with van der Waals surface area (Å²) in [4.78, 5) is 0. The largest absolute Gasteiger partial charge is 0.352 e. The average Bonchev–Trinajstić information content (AvgIpc) is 2.18. The monoisotopic (exact) mass is 177 g/mol. The Morgan fingerprint density at radius 2 is 1.92 bits per heavy atom. The van der Waals surface area contributed by atoms with E-state index in [9.17, 15) is 0 Å². The molecule has 0 amide bonds. The maximum atomic E-state index is 5.25. The summed E-state index contributed by atoms with van der Waals surface area (Å²) in [5.41, 5.74) is 1.38. The summed E-state index contributed by atoms with van der Waals surface area (Å²) < 4.78 is 5.25. The number of aldehydes is 1. The number of carbonyl (C=O) groups excluding carboxylic acids is 1. The van der Waals surface area contributed by atoms with Crippen LogP contribution in [0.4, 0.5) is 0 Å². The average molecular weight is 177 g/mol. The lowest BCUT2D eigenvalue weighted by atomic mass is 9.99. The summed E-state index contributed by atoms with van der Waals surface area (Å²) in [6.45, 7) is 6.32. The Bertz CT molecular complexity index is 272. The van der Waals surface area contributed by atoms with Gasteiger partial charge < -0.3 is 0 Å². The van der Waals surface area contributed by atoms with Gasteiger partial charge in [0.15, 0.2) is 0 Å². The molecule has 13 heavy (non-hydrogen) atoms. The second-order valence-electron chi connectivity index (χ2n) is 3.23. The second kappa shape index (κ2) is 4.80. The molecule has 0 heterocycles. The van der Waals surface area contributed by atoms with Crippen LogP contribution < -0.4 is 0 Å². The fourth-order valence-corrected chi connectivity index (χ4v) is 1.25. The lowest BCUT2D eigenvalue weighted by molar-refractivity contribution is -0.360. The van der Waals surface area contributed by atoms with Gasteiger partial charge in [0.05, 0.1) is 0 Å². The van der Waals surface area contributed by atoms with Crippen molar-refractivity contribution in [2.24, 2.45) is 0 Å². The van der Waals surface area contributed by atoms with Crippen LogP contribution in [0.1, 0.15) is 38.7 Å². The van der Waals surface area contributed by atoms with Crippen LogP contribution in [-0.4, -0.2) is 6.29 Å². The first-order valence-corrected chi connectivity index (χ1v) is 4.82. The Balaban J connectivity index is 2.80. The van der Waals surface area contributed by atoms with Crippen molar-refractivity contribution >= 4 is 6.29 Å². The predicted octanol–water partition coefficient (Wildman–Crippen LogP) is 3.67. The van der Waals surface area contributed by atoms with E-state index in [2.05, 4.69) is 26.0 Å². The van der Waals surface area contributed by atoms with E-state index in [1.807, 2.05) is 19.1 Å². The van der Waals surface area contributed by atoms with Gasteiger partial charge in [-0.05, 0) is 30.0 Å². The molecule has 0 saturated heterocycles. The van der Waals surface area contributed by atoms with Gasteiger partial charge in [0, 0.05) is 19.1 Å². The molecule has 0 spiro atoms. The van der Waals surface area contributed by atoms with Gasteiger partial charge in [-0.3, -0.25) is 0 Å². The van der Waals surface area contributed by atoms with Crippen molar-refractivity contribution in [3.8, 4) is 5.75 Å². The van der Waals surface area contributed by atoms with Crippen LogP contribution in [0.25, 0.3) is 0 Å². The van der Waals surface area contributed by atoms with Gasteiger partial charge in [0.1, 0.15) is 0 Å². The highest BCUT2D eigenvalue weighted by Crippen LogP contribution is 2.21. The van der Waals surface area contributed by atoms with E-state index in [4.69, 9.17) is 4.42 Å². The molecule has 1 aromatic carbocycles. The minimum Gasteiger partial charge on any atom is -0.221 e. The van der Waals surface area contributed by atoms with Crippen LogP contribution in [0.3, 0.4) is 0 Å². The fraction of sp³-hybridized carbons (Fsp3) is 0.417. The van der Waals surface area contributed by atoms with Crippen LogP contribution in [0.5, 0.6) is 5.75 Å². The van der Waals surface area contributed by atoms with E-state index in [1.54, 1.807) is 6.29 Å². The molecule has 1 nitrogen and oxygen atoms in total. The van der Waals surface area contributed by atoms with Crippen LogP contribution in [-0.2, 0) is 4.42 Å². The maximum absolute atomic E-state index is 5.25. The van der Waals surface area contributed by atoms with Crippen LogP contribution in [0.2, 0.25) is 0 Å². The topological polar surface area (TPSA) is 11.3 Å². The molecule has 0 N–H and O–H groups in total. The lowest BCUT2D eigenvalue weighted by Gasteiger charge is -2.06. The van der Waals surface area contributed by atoms with Gasteiger partial charge in [-0.1, -0.05) is 13.8 Å². The van der Waals surface area contributed by atoms with E-state index in [1.165, 1.54) is 12.0 Å². The molecule has 0 saturated carbocycles. The molecular formula is C12H17O+. The van der Waals surface area contributed by atoms with Crippen LogP contribution >= 0.6 is 0 Å². The van der Waals surface area contributed by atoms with Crippen molar-refractivity contribution in [2.75, 3.05) is 0 Å². The first-order valence-electron chi connectivity index (χ1n) is 4.82. The summed E-state index contributed by atoms with van der Waals surface area (Å²) >= 11 is 0. The summed E-state index contributed by atoms with van der Waals surface area (Å²) in [6.07, 6.45) is 2.87. The van der Waals surface area contributed by atoms with E-state index in [0.29, 0.717) is 5.92 Å². The third-order valence-electron chi connectivity index (χ3n) is 2.32. The molecule has 1 atom stereocenters. The molecule has 1 aromatic rings. The predicted molar refractivity (Wildman–Crippen MR) is 56.3 cm³/mol. The molecule has 1 rings (SSSR count). The Kier molecular flexibility index (Phi) is 3.69. The minimum absolute atomic E-state index is 0.639. The van der Waals surface area contributed by atoms with Gasteiger partial charge in [0.2, 0.25) is 0 Å². The standard InChI is InChI=1S/C12H17O/c1-4-10(3)11-6-8-12(9-7-11)13-5-2/h5-10H,4H2,1-3H3/q+1. The molecule has 0 aliphatic carbocycles. The third kappa shape index (κ3) is 2.69. The minimum atomic E-state index is 0.639. The van der Waals surface area contributed by atoms with Gasteiger partial charge >= 0.3 is 5.75 Å². The Morgan fingerprint density at radius 3 is 2.38 bits per heavy atom. The molecular weight excluding hydrogens is 160 g/mol. The molecule has 0 aliphatic heterocycles. The smallest absolute Gasteiger partial charge is 0.221 e. The van der Waals surface area contributed by atoms with Crippen molar-refractivity contribution in [3.63, 3.8) is 0 Å². The summed E-state index contributed by atoms with van der Waals surface area (Å²) in [7, 11) is 0. The number of hydrogen-bond donors (Lipinski definition) is 0. The summed E-state index contributed by atoms with van der Waals surface area (Å²) in [5, 5.41) is 0. The number of rotatable bonds is 3. The normalized spacial score (nSPS) is 13.5. The van der Waals surface area contributed by atoms with Crippen molar-refractivity contribution in [1.82, 2.24) is 0 Å². The number of hydrogen-bond acceptors (Lipinski definition) is 0. The van der Waals surface area contributed by atoms with Crippen molar-refractivity contribution in [3.05, 3.63) is 29.8 Å². The van der Waals surface area contributed by atoms with Crippen LogP contribution in [0, 0.1) is 0 Å². The second-order valence-corrected chi connectivity index (χ2v) is 3.23. The van der Waals surface area contributed by atoms with Crippen molar-refractivity contribution < 1.29 is 4.42 Å². The zero-order chi connectivity index (χ0) is 9.68. The van der Waals surface area contributed by atoms with E-state index < -0.39 is 0 Å². The molecule has 1 unspecified atom stereocenters. The number of benzene rings is 1. The molecule has 0 bridgehead atoms. The SMILES string of the molecule is CC=[O+]c1ccc(C(C)CC)cc1. The molecule has 0 aliphatic rings. The van der Waals surface area contributed by atoms with E-state index >= 15 is 0 Å². The molecule has 0 fully saturated rings. The Hall–Kier alpha value is -1.11. The van der Waals surface area contributed by atoms with Gasteiger partial charge in [0.25, 0.3) is 6.29 Å². The lowest BCUT2D eigenvalue weighted by Crippen LogP contribution is -1.89. The molecule has 0 radical (unpaired) electrons.